The van der Waals surface area contributed by atoms with E-state index in [1.165, 1.54) is 11.1 Å². The Kier molecular flexibility index (Phi) is 3.36. The molecule has 0 spiro atoms. The van der Waals surface area contributed by atoms with Crippen LogP contribution in [0.25, 0.3) is 6.08 Å². The Bertz CT molecular complexity index is 350. The molecule has 1 atom stereocenters. The summed E-state index contributed by atoms with van der Waals surface area (Å²) in [6.45, 7) is 0. The number of quaternary nitrogens is 1. The maximum Gasteiger partial charge on any atom is 4.00 e. The molecule has 0 radical (unpaired) electrons. The molecule has 1 aliphatic carbocycles. The van der Waals surface area contributed by atoms with Crippen LogP contribution in [0.5, 0.6) is 0 Å². The minimum atomic E-state index is 0. The standard InChI is InChI=1S/C12H16N.Ti/c1-13(2,3)12-9-8-10-6-4-5-7-11(10)12;/h4-9,12H,1-3H3;/q+1;+4. The molecule has 1 aromatic carbocycles. The summed E-state index contributed by atoms with van der Waals surface area (Å²) < 4.78 is 0.966. The zero-order valence-electron chi connectivity index (χ0n) is 8.99. The van der Waals surface area contributed by atoms with Crippen LogP contribution in [0.15, 0.2) is 30.3 Å². The summed E-state index contributed by atoms with van der Waals surface area (Å²) in [4.78, 5) is 0. The van der Waals surface area contributed by atoms with Crippen molar-refractivity contribution < 1.29 is 26.2 Å². The molecule has 0 saturated carbocycles. The predicted molar refractivity (Wildman–Crippen MR) is 56.2 cm³/mol. The number of fused-ring (bicyclic) bond motifs is 1. The van der Waals surface area contributed by atoms with Crippen molar-refractivity contribution in [3.63, 3.8) is 0 Å². The van der Waals surface area contributed by atoms with Crippen LogP contribution >= 0.6 is 0 Å². The van der Waals surface area contributed by atoms with Crippen LogP contribution in [-0.2, 0) is 21.7 Å². The molecule has 0 aliphatic heterocycles. The summed E-state index contributed by atoms with van der Waals surface area (Å²) in [5, 5.41) is 0. The molecule has 0 heterocycles. The normalized spacial score (nSPS) is 18.9. The number of rotatable bonds is 1. The van der Waals surface area contributed by atoms with E-state index >= 15 is 0 Å². The van der Waals surface area contributed by atoms with Gasteiger partial charge in [0.1, 0.15) is 6.04 Å². The van der Waals surface area contributed by atoms with E-state index in [1.807, 2.05) is 0 Å². The van der Waals surface area contributed by atoms with Gasteiger partial charge in [0, 0.05) is 5.56 Å². The largest absolute Gasteiger partial charge is 4.00 e. The molecular formula is C12H16NTi+5. The van der Waals surface area contributed by atoms with Crippen LogP contribution < -0.4 is 0 Å². The van der Waals surface area contributed by atoms with Gasteiger partial charge in [-0.3, -0.25) is 0 Å². The molecular weight excluding hydrogens is 206 g/mol. The van der Waals surface area contributed by atoms with Crippen molar-refractivity contribution in [3.8, 4) is 0 Å². The monoisotopic (exact) mass is 222 g/mol. The van der Waals surface area contributed by atoms with Crippen molar-refractivity contribution in [2.45, 2.75) is 6.04 Å². The smallest absolute Gasteiger partial charge is 0.321 e. The van der Waals surface area contributed by atoms with Crippen molar-refractivity contribution >= 4 is 6.08 Å². The Hall–Kier alpha value is -0.366. The SMILES string of the molecule is C[N+](C)(C)C1C=Cc2ccccc21.[Ti+4]. The first-order valence-electron chi connectivity index (χ1n) is 4.67. The first kappa shape index (κ1) is 11.7. The van der Waals surface area contributed by atoms with Gasteiger partial charge < -0.3 is 4.48 Å². The quantitative estimate of drug-likeness (QED) is 0.505. The maximum atomic E-state index is 2.30. The summed E-state index contributed by atoms with van der Waals surface area (Å²) in [6, 6.07) is 9.15. The molecule has 0 amide bonds. The third-order valence-electron chi connectivity index (χ3n) is 2.61. The van der Waals surface area contributed by atoms with E-state index < -0.39 is 0 Å². The molecule has 0 bridgehead atoms. The number of nitrogens with zero attached hydrogens (tertiary/aromatic N) is 1. The van der Waals surface area contributed by atoms with E-state index in [2.05, 4.69) is 57.6 Å². The van der Waals surface area contributed by atoms with Gasteiger partial charge in [0.05, 0.1) is 21.1 Å². The fourth-order valence-corrected chi connectivity index (χ4v) is 1.91. The molecule has 0 fully saturated rings. The Morgan fingerprint density at radius 3 is 2.36 bits per heavy atom. The van der Waals surface area contributed by atoms with Crippen molar-refractivity contribution in [1.82, 2.24) is 0 Å². The fraction of sp³-hybridized carbons (Fsp3) is 0.333. The van der Waals surface area contributed by atoms with Crippen LogP contribution in [-0.4, -0.2) is 25.6 Å². The van der Waals surface area contributed by atoms with Crippen molar-refractivity contribution in [2.75, 3.05) is 21.1 Å². The van der Waals surface area contributed by atoms with Crippen LogP contribution in [0.2, 0.25) is 0 Å². The average Bonchev–Trinajstić information content (AvgIpc) is 2.45. The zero-order valence-corrected chi connectivity index (χ0v) is 10.6. The van der Waals surface area contributed by atoms with Gasteiger partial charge in [-0.25, -0.2) is 0 Å². The Balaban J connectivity index is 0.000000980. The Labute approximate surface area is 101 Å². The second kappa shape index (κ2) is 4.02. The predicted octanol–water partition coefficient (Wildman–Crippen LogP) is 2.46. The van der Waals surface area contributed by atoms with Gasteiger partial charge in [-0.15, -0.1) is 0 Å². The van der Waals surface area contributed by atoms with E-state index in [9.17, 15) is 0 Å². The van der Waals surface area contributed by atoms with Crippen molar-refractivity contribution in [1.29, 1.82) is 0 Å². The number of likely N-dealkylation sites (N-methyl/N-ethyl adjacent to an activating group) is 1. The van der Waals surface area contributed by atoms with Crippen LogP contribution in [0.1, 0.15) is 17.2 Å². The molecule has 68 valence electrons. The van der Waals surface area contributed by atoms with Gasteiger partial charge in [-0.05, 0) is 11.6 Å². The molecule has 2 rings (SSSR count). The average molecular weight is 222 g/mol. The van der Waals surface area contributed by atoms with Gasteiger partial charge >= 0.3 is 21.7 Å². The molecule has 0 saturated heterocycles. The van der Waals surface area contributed by atoms with Gasteiger partial charge in [0.15, 0.2) is 0 Å². The number of hydrogen-bond acceptors (Lipinski definition) is 0. The number of benzene rings is 1. The van der Waals surface area contributed by atoms with Crippen LogP contribution in [0.4, 0.5) is 0 Å². The molecule has 1 nitrogen and oxygen atoms in total. The van der Waals surface area contributed by atoms with E-state index in [0.29, 0.717) is 6.04 Å². The second-order valence-electron chi connectivity index (χ2n) is 4.55. The van der Waals surface area contributed by atoms with E-state index in [4.69, 9.17) is 0 Å². The third-order valence-corrected chi connectivity index (χ3v) is 2.61. The first-order valence-corrected chi connectivity index (χ1v) is 4.67. The van der Waals surface area contributed by atoms with E-state index in [0.717, 1.165) is 4.48 Å². The minimum Gasteiger partial charge on any atom is -0.321 e. The first-order chi connectivity index (χ1) is 6.09. The maximum absolute atomic E-state index is 2.30. The summed E-state index contributed by atoms with van der Waals surface area (Å²) >= 11 is 0. The van der Waals surface area contributed by atoms with E-state index in [1.54, 1.807) is 0 Å². The van der Waals surface area contributed by atoms with Gasteiger partial charge in [-0.2, -0.15) is 0 Å². The third kappa shape index (κ3) is 2.00. The molecule has 1 aliphatic rings. The Morgan fingerprint density at radius 2 is 1.71 bits per heavy atom. The molecule has 14 heavy (non-hydrogen) atoms. The van der Waals surface area contributed by atoms with Crippen LogP contribution in [0, 0.1) is 0 Å². The minimum absolute atomic E-state index is 0. The molecule has 1 unspecified atom stereocenters. The van der Waals surface area contributed by atoms with Gasteiger partial charge in [0.2, 0.25) is 0 Å². The summed E-state index contributed by atoms with van der Waals surface area (Å²) in [7, 11) is 6.70. The summed E-state index contributed by atoms with van der Waals surface area (Å²) in [5.74, 6) is 0. The van der Waals surface area contributed by atoms with Crippen LogP contribution in [0.3, 0.4) is 0 Å². The summed E-state index contributed by atoms with van der Waals surface area (Å²) in [6.07, 6.45) is 4.52. The van der Waals surface area contributed by atoms with Gasteiger partial charge in [0.25, 0.3) is 0 Å². The fourth-order valence-electron chi connectivity index (χ4n) is 1.91. The second-order valence-corrected chi connectivity index (χ2v) is 4.55. The molecule has 1 aromatic rings. The molecule has 0 aromatic heterocycles. The van der Waals surface area contributed by atoms with E-state index in [-0.39, 0.29) is 21.7 Å². The summed E-state index contributed by atoms with van der Waals surface area (Å²) in [5.41, 5.74) is 2.83. The zero-order chi connectivity index (χ0) is 9.47. The molecule has 2 heteroatoms. The molecule has 0 N–H and O–H groups in total. The topological polar surface area (TPSA) is 0 Å². The van der Waals surface area contributed by atoms with Crippen molar-refractivity contribution in [3.05, 3.63) is 41.5 Å². The Morgan fingerprint density at radius 1 is 1.07 bits per heavy atom. The van der Waals surface area contributed by atoms with Crippen molar-refractivity contribution in [2.24, 2.45) is 0 Å². The number of hydrogen-bond donors (Lipinski definition) is 0. The van der Waals surface area contributed by atoms with Gasteiger partial charge in [-0.1, -0.05) is 30.3 Å².